The van der Waals surface area contributed by atoms with Gasteiger partial charge in [0.25, 0.3) is 0 Å². The van der Waals surface area contributed by atoms with Gasteiger partial charge in [0.15, 0.2) is 0 Å². The average molecular weight is 399 g/mol. The lowest BCUT2D eigenvalue weighted by atomic mass is 9.95. The molecule has 0 saturated carbocycles. The number of hydrogen-bond donors (Lipinski definition) is 1. The first-order valence-corrected chi connectivity index (χ1v) is 10.8. The smallest absolute Gasteiger partial charge is 0.341 e. The van der Waals surface area contributed by atoms with E-state index in [1.165, 1.54) is 34.5 Å². The van der Waals surface area contributed by atoms with Crippen molar-refractivity contribution in [2.45, 2.75) is 45.4 Å². The standard InChI is InChI=1S/C22H26N2O3S/c1-14-9-10-17-15(12-14)6-5-11-24(17)13-19(25)23-21-20(22(26)27-2)16-7-3-4-8-18(16)28-21/h9-10,12H,3-8,11,13H2,1-2H3,(H,23,25). The zero-order valence-corrected chi connectivity index (χ0v) is 17.3. The van der Waals surface area contributed by atoms with Gasteiger partial charge in [-0.3, -0.25) is 4.79 Å². The lowest BCUT2D eigenvalue weighted by molar-refractivity contribution is -0.115. The molecular formula is C22H26N2O3S. The molecule has 2 aromatic rings. The lowest BCUT2D eigenvalue weighted by Crippen LogP contribution is -2.36. The molecule has 0 saturated heterocycles. The van der Waals surface area contributed by atoms with Gasteiger partial charge in [0, 0.05) is 17.1 Å². The van der Waals surface area contributed by atoms with Crippen molar-refractivity contribution in [2.24, 2.45) is 0 Å². The number of aryl methyl sites for hydroxylation is 3. The summed E-state index contributed by atoms with van der Waals surface area (Å²) >= 11 is 1.53. The Bertz CT molecular complexity index is 919. The first-order chi connectivity index (χ1) is 13.6. The highest BCUT2D eigenvalue weighted by molar-refractivity contribution is 7.17. The maximum absolute atomic E-state index is 12.8. The first kappa shape index (κ1) is 19.0. The normalized spacial score (nSPS) is 15.6. The zero-order valence-electron chi connectivity index (χ0n) is 16.5. The number of carbonyl (C=O) groups excluding carboxylic acids is 2. The Morgan fingerprint density at radius 2 is 2.00 bits per heavy atom. The van der Waals surface area contributed by atoms with Gasteiger partial charge >= 0.3 is 5.97 Å². The minimum atomic E-state index is -0.353. The van der Waals surface area contributed by atoms with Gasteiger partial charge in [-0.2, -0.15) is 0 Å². The minimum absolute atomic E-state index is 0.0859. The highest BCUT2D eigenvalue weighted by Gasteiger charge is 2.27. The molecule has 0 bridgehead atoms. The molecule has 0 atom stereocenters. The Balaban J connectivity index is 1.54. The Hall–Kier alpha value is -2.34. The van der Waals surface area contributed by atoms with E-state index in [2.05, 4.69) is 35.3 Å². The maximum atomic E-state index is 12.8. The third-order valence-electron chi connectivity index (χ3n) is 5.60. The quantitative estimate of drug-likeness (QED) is 0.788. The number of anilines is 2. The number of esters is 1. The highest BCUT2D eigenvalue weighted by atomic mass is 32.1. The van der Waals surface area contributed by atoms with Crippen LogP contribution in [0.15, 0.2) is 18.2 Å². The van der Waals surface area contributed by atoms with Gasteiger partial charge < -0.3 is 15.0 Å². The molecule has 0 radical (unpaired) electrons. The topological polar surface area (TPSA) is 58.6 Å². The lowest BCUT2D eigenvalue weighted by Gasteiger charge is -2.31. The van der Waals surface area contributed by atoms with E-state index in [1.54, 1.807) is 0 Å². The number of nitrogens with zero attached hydrogens (tertiary/aromatic N) is 1. The monoisotopic (exact) mass is 398 g/mol. The summed E-state index contributed by atoms with van der Waals surface area (Å²) < 4.78 is 5.00. The fourth-order valence-electron chi connectivity index (χ4n) is 4.28. The number of amides is 1. The number of benzene rings is 1. The molecule has 1 aromatic carbocycles. The molecule has 4 rings (SSSR count). The third-order valence-corrected chi connectivity index (χ3v) is 6.81. The van der Waals surface area contributed by atoms with Crippen LogP contribution < -0.4 is 10.2 Å². The molecule has 1 amide bonds. The summed E-state index contributed by atoms with van der Waals surface area (Å²) in [4.78, 5) is 28.5. The second-order valence-corrected chi connectivity index (χ2v) is 8.72. The molecule has 1 aliphatic heterocycles. The Labute approximate surface area is 169 Å². The van der Waals surface area contributed by atoms with Crippen molar-refractivity contribution in [3.63, 3.8) is 0 Å². The van der Waals surface area contributed by atoms with Crippen molar-refractivity contribution in [3.05, 3.63) is 45.3 Å². The summed E-state index contributed by atoms with van der Waals surface area (Å²) in [5.41, 5.74) is 5.32. The number of hydrogen-bond acceptors (Lipinski definition) is 5. The van der Waals surface area contributed by atoms with Crippen LogP contribution in [0.2, 0.25) is 0 Å². The molecule has 0 spiro atoms. The van der Waals surface area contributed by atoms with Gasteiger partial charge in [0.2, 0.25) is 5.91 Å². The number of fused-ring (bicyclic) bond motifs is 2. The average Bonchev–Trinajstić information content (AvgIpc) is 3.05. The fraction of sp³-hybridized carbons (Fsp3) is 0.455. The van der Waals surface area contributed by atoms with Crippen LogP contribution >= 0.6 is 11.3 Å². The van der Waals surface area contributed by atoms with E-state index in [1.807, 2.05) is 0 Å². The minimum Gasteiger partial charge on any atom is -0.465 e. The van der Waals surface area contributed by atoms with Crippen molar-refractivity contribution >= 4 is 33.9 Å². The van der Waals surface area contributed by atoms with E-state index in [9.17, 15) is 9.59 Å². The molecule has 1 aliphatic carbocycles. The van der Waals surface area contributed by atoms with Crippen LogP contribution in [0.1, 0.15) is 51.2 Å². The molecular weight excluding hydrogens is 372 g/mol. The van der Waals surface area contributed by atoms with Crippen LogP contribution in [-0.2, 0) is 28.8 Å². The van der Waals surface area contributed by atoms with Crippen LogP contribution in [0.25, 0.3) is 0 Å². The second kappa shape index (κ2) is 7.95. The summed E-state index contributed by atoms with van der Waals surface area (Å²) in [6.07, 6.45) is 6.16. The fourth-order valence-corrected chi connectivity index (χ4v) is 5.57. The van der Waals surface area contributed by atoms with Crippen molar-refractivity contribution in [2.75, 3.05) is 30.4 Å². The van der Waals surface area contributed by atoms with Gasteiger partial charge in [0.1, 0.15) is 5.00 Å². The summed E-state index contributed by atoms with van der Waals surface area (Å²) in [5.74, 6) is -0.439. The van der Waals surface area contributed by atoms with E-state index in [0.717, 1.165) is 56.3 Å². The number of nitrogens with one attached hydrogen (secondary N) is 1. The van der Waals surface area contributed by atoms with Gasteiger partial charge in [0.05, 0.1) is 19.2 Å². The van der Waals surface area contributed by atoms with E-state index in [0.29, 0.717) is 17.1 Å². The molecule has 148 valence electrons. The molecule has 6 heteroatoms. The van der Waals surface area contributed by atoms with Crippen molar-refractivity contribution in [3.8, 4) is 0 Å². The summed E-state index contributed by atoms with van der Waals surface area (Å²) in [7, 11) is 1.40. The van der Waals surface area contributed by atoms with Gasteiger partial charge in [-0.15, -0.1) is 11.3 Å². The largest absolute Gasteiger partial charge is 0.465 e. The van der Waals surface area contributed by atoms with Crippen LogP contribution in [0.4, 0.5) is 10.7 Å². The molecule has 0 fully saturated rings. The van der Waals surface area contributed by atoms with Crippen LogP contribution in [-0.4, -0.2) is 32.1 Å². The number of carbonyl (C=O) groups is 2. The first-order valence-electron chi connectivity index (χ1n) is 9.94. The van der Waals surface area contributed by atoms with Crippen LogP contribution in [0, 0.1) is 6.92 Å². The van der Waals surface area contributed by atoms with Crippen LogP contribution in [0.3, 0.4) is 0 Å². The Morgan fingerprint density at radius 1 is 1.18 bits per heavy atom. The number of ether oxygens (including phenoxy) is 1. The molecule has 2 aliphatic rings. The van der Waals surface area contributed by atoms with Crippen molar-refractivity contribution in [1.82, 2.24) is 0 Å². The number of thiophene rings is 1. The summed E-state index contributed by atoms with van der Waals surface area (Å²) in [5, 5.41) is 3.65. The summed E-state index contributed by atoms with van der Waals surface area (Å²) in [6, 6.07) is 6.42. The zero-order chi connectivity index (χ0) is 19.7. The van der Waals surface area contributed by atoms with Gasteiger partial charge in [-0.1, -0.05) is 17.7 Å². The third kappa shape index (κ3) is 3.65. The molecule has 1 N–H and O–H groups in total. The predicted molar refractivity (Wildman–Crippen MR) is 113 cm³/mol. The molecule has 5 nitrogen and oxygen atoms in total. The van der Waals surface area contributed by atoms with E-state index < -0.39 is 0 Å². The number of rotatable bonds is 4. The molecule has 1 aromatic heterocycles. The Kier molecular flexibility index (Phi) is 5.40. The molecule has 28 heavy (non-hydrogen) atoms. The molecule has 2 heterocycles. The van der Waals surface area contributed by atoms with Crippen LogP contribution in [0.5, 0.6) is 0 Å². The second-order valence-electron chi connectivity index (χ2n) is 7.61. The highest BCUT2D eigenvalue weighted by Crippen LogP contribution is 2.38. The Morgan fingerprint density at radius 3 is 2.82 bits per heavy atom. The van der Waals surface area contributed by atoms with E-state index >= 15 is 0 Å². The van der Waals surface area contributed by atoms with E-state index in [-0.39, 0.29) is 11.9 Å². The maximum Gasteiger partial charge on any atom is 0.341 e. The van der Waals surface area contributed by atoms with Crippen molar-refractivity contribution < 1.29 is 14.3 Å². The van der Waals surface area contributed by atoms with Gasteiger partial charge in [-0.25, -0.2) is 4.79 Å². The van der Waals surface area contributed by atoms with Gasteiger partial charge in [-0.05, 0) is 62.6 Å². The SMILES string of the molecule is COC(=O)c1c(NC(=O)CN2CCCc3cc(C)ccc32)sc2c1CCCC2. The summed E-state index contributed by atoms with van der Waals surface area (Å²) in [6.45, 7) is 3.26. The predicted octanol–water partition coefficient (Wildman–Crippen LogP) is 4.11. The van der Waals surface area contributed by atoms with Crippen molar-refractivity contribution in [1.29, 1.82) is 0 Å². The molecule has 0 unspecified atom stereocenters. The van der Waals surface area contributed by atoms with E-state index in [4.69, 9.17) is 4.74 Å². The number of methoxy groups -OCH3 is 1.